The van der Waals surface area contributed by atoms with E-state index in [2.05, 4.69) is 10.5 Å². The van der Waals surface area contributed by atoms with Crippen molar-refractivity contribution in [3.8, 4) is 5.75 Å². The van der Waals surface area contributed by atoms with Crippen LogP contribution in [0.25, 0.3) is 0 Å². The first-order chi connectivity index (χ1) is 10.7. The first kappa shape index (κ1) is 15.8. The van der Waals surface area contributed by atoms with Crippen LogP contribution in [-0.2, 0) is 4.79 Å². The highest BCUT2D eigenvalue weighted by molar-refractivity contribution is 6.00. The van der Waals surface area contributed by atoms with Crippen LogP contribution < -0.4 is 10.2 Å². The van der Waals surface area contributed by atoms with E-state index in [9.17, 15) is 4.79 Å². The van der Waals surface area contributed by atoms with Gasteiger partial charge in [0.25, 0.3) is 5.91 Å². The van der Waals surface area contributed by atoms with E-state index in [1.807, 2.05) is 68.4 Å². The molecule has 0 atom stereocenters. The van der Waals surface area contributed by atoms with Crippen LogP contribution in [0.4, 0.5) is 0 Å². The zero-order valence-corrected chi connectivity index (χ0v) is 12.9. The molecule has 0 aromatic heterocycles. The van der Waals surface area contributed by atoms with Crippen LogP contribution >= 0.6 is 0 Å². The summed E-state index contributed by atoms with van der Waals surface area (Å²) >= 11 is 0. The molecule has 114 valence electrons. The summed E-state index contributed by atoms with van der Waals surface area (Å²) in [7, 11) is 0. The Morgan fingerprint density at radius 3 is 2.41 bits per heavy atom. The molecule has 0 saturated heterocycles. The molecule has 0 fully saturated rings. The maximum atomic E-state index is 11.8. The predicted molar refractivity (Wildman–Crippen MR) is 88.1 cm³/mol. The van der Waals surface area contributed by atoms with E-state index in [1.165, 1.54) is 0 Å². The van der Waals surface area contributed by atoms with E-state index in [0.717, 1.165) is 23.3 Å². The minimum Gasteiger partial charge on any atom is -0.484 e. The number of amides is 1. The summed E-state index contributed by atoms with van der Waals surface area (Å²) in [6.45, 7) is 3.94. The van der Waals surface area contributed by atoms with Crippen molar-refractivity contribution in [2.75, 3.05) is 6.61 Å². The van der Waals surface area contributed by atoms with Gasteiger partial charge in [0.15, 0.2) is 6.61 Å². The largest absolute Gasteiger partial charge is 0.484 e. The van der Waals surface area contributed by atoms with Crippen LogP contribution in [0.15, 0.2) is 59.7 Å². The number of hydrazone groups is 1. The molecule has 4 heteroatoms. The molecule has 1 amide bonds. The molecule has 2 aromatic carbocycles. The molecule has 0 aliphatic carbocycles. The normalized spacial score (nSPS) is 11.1. The van der Waals surface area contributed by atoms with Crippen LogP contribution in [0, 0.1) is 6.92 Å². The van der Waals surface area contributed by atoms with Crippen molar-refractivity contribution in [3.05, 3.63) is 65.7 Å². The highest BCUT2D eigenvalue weighted by Crippen LogP contribution is 2.11. The molecule has 2 aromatic rings. The lowest BCUT2D eigenvalue weighted by molar-refractivity contribution is -0.123. The number of carbonyl (C=O) groups is 1. The number of nitrogens with zero attached hydrogens (tertiary/aromatic N) is 1. The molecule has 22 heavy (non-hydrogen) atoms. The summed E-state index contributed by atoms with van der Waals surface area (Å²) in [6.07, 6.45) is 0.739. The number of rotatable bonds is 6. The van der Waals surface area contributed by atoms with Gasteiger partial charge in [0.2, 0.25) is 0 Å². The van der Waals surface area contributed by atoms with Crippen LogP contribution in [0.2, 0.25) is 0 Å². The third-order valence-electron chi connectivity index (χ3n) is 3.15. The number of carbonyl (C=O) groups excluding carboxylic acids is 1. The number of nitrogens with one attached hydrogen (secondary N) is 1. The third kappa shape index (κ3) is 4.74. The maximum absolute atomic E-state index is 11.8. The van der Waals surface area contributed by atoms with Gasteiger partial charge >= 0.3 is 0 Å². The fourth-order valence-corrected chi connectivity index (χ4v) is 1.92. The number of hydrogen-bond donors (Lipinski definition) is 1. The summed E-state index contributed by atoms with van der Waals surface area (Å²) < 4.78 is 5.41. The summed E-state index contributed by atoms with van der Waals surface area (Å²) in [5.41, 5.74) is 5.53. The van der Waals surface area contributed by atoms with E-state index in [0.29, 0.717) is 5.75 Å². The smallest absolute Gasteiger partial charge is 0.277 e. The van der Waals surface area contributed by atoms with E-state index in [1.54, 1.807) is 0 Å². The zero-order valence-electron chi connectivity index (χ0n) is 12.9. The quantitative estimate of drug-likeness (QED) is 0.657. The molecule has 0 aliphatic rings. The van der Waals surface area contributed by atoms with Gasteiger partial charge in [0, 0.05) is 0 Å². The molecular formula is C18H20N2O2. The first-order valence-electron chi connectivity index (χ1n) is 7.29. The average molecular weight is 296 g/mol. The molecule has 2 rings (SSSR count). The van der Waals surface area contributed by atoms with Gasteiger partial charge in [-0.25, -0.2) is 5.43 Å². The number of aryl methyl sites for hydroxylation is 1. The van der Waals surface area contributed by atoms with Gasteiger partial charge in [-0.05, 0) is 31.0 Å². The van der Waals surface area contributed by atoms with E-state index in [-0.39, 0.29) is 12.5 Å². The Labute approximate surface area is 130 Å². The summed E-state index contributed by atoms with van der Waals surface area (Å²) in [5.74, 6) is 0.394. The maximum Gasteiger partial charge on any atom is 0.277 e. The van der Waals surface area contributed by atoms with Crippen LogP contribution in [-0.4, -0.2) is 18.2 Å². The molecule has 0 heterocycles. The van der Waals surface area contributed by atoms with Crippen molar-refractivity contribution >= 4 is 11.6 Å². The van der Waals surface area contributed by atoms with Crippen LogP contribution in [0.3, 0.4) is 0 Å². The van der Waals surface area contributed by atoms with Crippen molar-refractivity contribution < 1.29 is 9.53 Å². The standard InChI is InChI=1S/C18H20N2O2/c1-3-17(15-7-5-4-6-8-15)19-20-18(21)13-22-16-11-9-14(2)10-12-16/h4-12H,3,13H2,1-2H3,(H,20,21)/b19-17+. The van der Waals surface area contributed by atoms with Crippen molar-refractivity contribution in [2.24, 2.45) is 5.10 Å². The Balaban J connectivity index is 1.88. The predicted octanol–water partition coefficient (Wildman–Crippen LogP) is 3.30. The van der Waals surface area contributed by atoms with Gasteiger partial charge in [0.05, 0.1) is 5.71 Å². The summed E-state index contributed by atoms with van der Waals surface area (Å²) in [5, 5.41) is 4.18. The molecular weight excluding hydrogens is 276 g/mol. The number of benzene rings is 2. The molecule has 0 unspecified atom stereocenters. The second-order valence-electron chi connectivity index (χ2n) is 4.91. The number of ether oxygens (including phenoxy) is 1. The first-order valence-corrected chi connectivity index (χ1v) is 7.29. The molecule has 0 radical (unpaired) electrons. The van der Waals surface area contributed by atoms with Crippen molar-refractivity contribution in [1.82, 2.24) is 5.43 Å². The molecule has 1 N–H and O–H groups in total. The van der Waals surface area contributed by atoms with Gasteiger partial charge < -0.3 is 4.74 Å². The molecule has 0 aliphatic heterocycles. The zero-order chi connectivity index (χ0) is 15.8. The fourth-order valence-electron chi connectivity index (χ4n) is 1.92. The Kier molecular flexibility index (Phi) is 5.72. The molecule has 4 nitrogen and oxygen atoms in total. The van der Waals surface area contributed by atoms with Crippen molar-refractivity contribution in [2.45, 2.75) is 20.3 Å². The lowest BCUT2D eigenvalue weighted by Crippen LogP contribution is -2.26. The molecule has 0 spiro atoms. The second-order valence-corrected chi connectivity index (χ2v) is 4.91. The van der Waals surface area contributed by atoms with Gasteiger partial charge in [-0.15, -0.1) is 0 Å². The molecule has 0 saturated carbocycles. The van der Waals surface area contributed by atoms with Gasteiger partial charge in [-0.1, -0.05) is 55.0 Å². The molecule has 0 bridgehead atoms. The Bertz CT molecular complexity index is 634. The lowest BCUT2D eigenvalue weighted by atomic mass is 10.1. The Hall–Kier alpha value is -2.62. The second kappa shape index (κ2) is 7.98. The average Bonchev–Trinajstić information content (AvgIpc) is 2.56. The van der Waals surface area contributed by atoms with E-state index in [4.69, 9.17) is 4.74 Å². The SMILES string of the molecule is CC/C(=N\NC(=O)COc1ccc(C)cc1)c1ccccc1. The van der Waals surface area contributed by atoms with Gasteiger partial charge in [0.1, 0.15) is 5.75 Å². The fraction of sp³-hybridized carbons (Fsp3) is 0.222. The minimum absolute atomic E-state index is 0.0572. The number of hydrogen-bond acceptors (Lipinski definition) is 3. The van der Waals surface area contributed by atoms with Crippen molar-refractivity contribution in [3.63, 3.8) is 0 Å². The lowest BCUT2D eigenvalue weighted by Gasteiger charge is -2.07. The van der Waals surface area contributed by atoms with Gasteiger partial charge in [-0.2, -0.15) is 5.10 Å². The third-order valence-corrected chi connectivity index (χ3v) is 3.15. The monoisotopic (exact) mass is 296 g/mol. The van der Waals surface area contributed by atoms with Crippen molar-refractivity contribution in [1.29, 1.82) is 0 Å². The van der Waals surface area contributed by atoms with Gasteiger partial charge in [-0.3, -0.25) is 4.79 Å². The summed E-state index contributed by atoms with van der Waals surface area (Å²) in [4.78, 5) is 11.8. The topological polar surface area (TPSA) is 50.7 Å². The Morgan fingerprint density at radius 2 is 1.77 bits per heavy atom. The minimum atomic E-state index is -0.276. The summed E-state index contributed by atoms with van der Waals surface area (Å²) in [6, 6.07) is 17.3. The van der Waals surface area contributed by atoms with Crippen LogP contribution in [0.5, 0.6) is 5.75 Å². The van der Waals surface area contributed by atoms with E-state index >= 15 is 0 Å². The van der Waals surface area contributed by atoms with Crippen LogP contribution in [0.1, 0.15) is 24.5 Å². The highest BCUT2D eigenvalue weighted by Gasteiger charge is 2.04. The Morgan fingerprint density at radius 1 is 1.09 bits per heavy atom. The highest BCUT2D eigenvalue weighted by atomic mass is 16.5. The van der Waals surface area contributed by atoms with E-state index < -0.39 is 0 Å².